The van der Waals surface area contributed by atoms with Crippen LogP contribution in [0.25, 0.3) is 6.08 Å². The molecule has 0 saturated carbocycles. The average molecular weight is 646 g/mol. The Bertz CT molecular complexity index is 1670. The molecule has 5 rings (SSSR count). The predicted molar refractivity (Wildman–Crippen MR) is 166 cm³/mol. The van der Waals surface area contributed by atoms with Crippen molar-refractivity contribution in [3.8, 4) is 11.5 Å². The van der Waals surface area contributed by atoms with E-state index in [0.29, 0.717) is 47.4 Å². The number of carbonyl (C=O) groups excluding carboxylic acids is 3. The summed E-state index contributed by atoms with van der Waals surface area (Å²) >= 11 is 10.0. The largest absolute Gasteiger partial charge is 0.494 e. The molecule has 1 aliphatic rings. The zero-order chi connectivity index (χ0) is 29.6. The van der Waals surface area contributed by atoms with Gasteiger partial charge in [-0.3, -0.25) is 14.9 Å². The van der Waals surface area contributed by atoms with Crippen molar-refractivity contribution in [3.05, 3.63) is 128 Å². The van der Waals surface area contributed by atoms with Gasteiger partial charge in [-0.15, -0.1) is 0 Å². The van der Waals surface area contributed by atoms with Crippen LogP contribution in [0.3, 0.4) is 0 Å². The molecule has 0 aliphatic carbocycles. The summed E-state index contributed by atoms with van der Waals surface area (Å²) in [5.41, 5.74) is 3.47. The Morgan fingerprint density at radius 1 is 0.905 bits per heavy atom. The quantitative estimate of drug-likeness (QED) is 0.152. The smallest absolute Gasteiger partial charge is 0.335 e. The Morgan fingerprint density at radius 2 is 1.62 bits per heavy atom. The van der Waals surface area contributed by atoms with Gasteiger partial charge in [0.05, 0.1) is 12.3 Å². The molecular weight excluding hydrogens is 620 g/mol. The molecule has 4 aromatic carbocycles. The van der Waals surface area contributed by atoms with E-state index in [-0.39, 0.29) is 5.57 Å². The highest BCUT2D eigenvalue weighted by atomic mass is 79.9. The Balaban J connectivity index is 1.40. The van der Waals surface area contributed by atoms with Crippen molar-refractivity contribution in [2.75, 3.05) is 11.5 Å². The van der Waals surface area contributed by atoms with Gasteiger partial charge in [0.25, 0.3) is 11.8 Å². The first-order valence-electron chi connectivity index (χ1n) is 13.2. The van der Waals surface area contributed by atoms with Gasteiger partial charge in [-0.25, -0.2) is 9.69 Å². The van der Waals surface area contributed by atoms with E-state index in [1.54, 1.807) is 36.4 Å². The van der Waals surface area contributed by atoms with Crippen molar-refractivity contribution in [1.29, 1.82) is 0 Å². The summed E-state index contributed by atoms with van der Waals surface area (Å²) in [5, 5.41) is 2.91. The van der Waals surface area contributed by atoms with Crippen molar-refractivity contribution in [1.82, 2.24) is 5.32 Å². The van der Waals surface area contributed by atoms with E-state index in [9.17, 15) is 14.4 Å². The van der Waals surface area contributed by atoms with Gasteiger partial charge in [0, 0.05) is 21.5 Å². The topological polar surface area (TPSA) is 84.9 Å². The van der Waals surface area contributed by atoms with Gasteiger partial charge >= 0.3 is 6.03 Å². The second-order valence-electron chi connectivity index (χ2n) is 9.41. The fourth-order valence-electron chi connectivity index (χ4n) is 4.49. The number of benzene rings is 4. The maximum atomic E-state index is 13.5. The maximum Gasteiger partial charge on any atom is 0.335 e. The Labute approximate surface area is 256 Å². The molecule has 0 unspecified atom stereocenters. The zero-order valence-corrected chi connectivity index (χ0v) is 24.9. The lowest BCUT2D eigenvalue weighted by Crippen LogP contribution is -2.54. The van der Waals surface area contributed by atoms with E-state index in [2.05, 4.69) is 21.2 Å². The van der Waals surface area contributed by atoms with Crippen molar-refractivity contribution in [2.24, 2.45) is 0 Å². The summed E-state index contributed by atoms with van der Waals surface area (Å²) < 4.78 is 12.4. The van der Waals surface area contributed by atoms with Crippen LogP contribution < -0.4 is 19.7 Å². The molecule has 1 N–H and O–H groups in total. The lowest BCUT2D eigenvalue weighted by Gasteiger charge is -2.26. The van der Waals surface area contributed by atoms with Crippen molar-refractivity contribution in [3.63, 3.8) is 0 Å². The molecule has 0 spiro atoms. The standard InChI is InChI=1S/C33H26BrClN2O5/c1-2-41-30-18-22(17-28(34)26(30)19-23-10-6-7-11-29(23)35)16-27-31(38)36-33(40)37(32(27)39)24-12-14-25(15-13-24)42-20-21-8-4-3-5-9-21/h3-18H,2,19-20H2,1H3,(H,36,38,40)/b27-16+. The number of nitrogens with one attached hydrogen (secondary N) is 1. The second-order valence-corrected chi connectivity index (χ2v) is 10.7. The van der Waals surface area contributed by atoms with E-state index in [0.717, 1.165) is 26.1 Å². The number of imide groups is 2. The summed E-state index contributed by atoms with van der Waals surface area (Å²) in [6, 6.07) is 26.5. The molecule has 4 aromatic rings. The van der Waals surface area contributed by atoms with Gasteiger partial charge < -0.3 is 9.47 Å². The molecule has 4 amide bonds. The van der Waals surface area contributed by atoms with Crippen LogP contribution in [0, 0.1) is 0 Å². The molecule has 1 aliphatic heterocycles. The van der Waals surface area contributed by atoms with Gasteiger partial charge in [0.1, 0.15) is 23.7 Å². The number of urea groups is 1. The Kier molecular flexibility index (Phi) is 9.05. The van der Waals surface area contributed by atoms with E-state index in [1.807, 2.05) is 61.5 Å². The van der Waals surface area contributed by atoms with Crippen LogP contribution in [0.4, 0.5) is 10.5 Å². The first kappa shape index (κ1) is 29.1. The van der Waals surface area contributed by atoms with Crippen LogP contribution in [0.2, 0.25) is 5.02 Å². The zero-order valence-electron chi connectivity index (χ0n) is 22.6. The van der Waals surface area contributed by atoms with Crippen LogP contribution in [0.15, 0.2) is 101 Å². The molecule has 42 heavy (non-hydrogen) atoms. The third-order valence-corrected chi connectivity index (χ3v) is 7.63. The normalized spacial score (nSPS) is 14.2. The first-order chi connectivity index (χ1) is 20.3. The van der Waals surface area contributed by atoms with E-state index < -0.39 is 17.8 Å². The van der Waals surface area contributed by atoms with Crippen molar-refractivity contribution in [2.45, 2.75) is 20.0 Å². The molecule has 9 heteroatoms. The monoisotopic (exact) mass is 644 g/mol. The van der Waals surface area contributed by atoms with Gasteiger partial charge in [-0.05, 0) is 72.2 Å². The second kappa shape index (κ2) is 13.1. The molecule has 0 radical (unpaired) electrons. The molecule has 1 fully saturated rings. The van der Waals surface area contributed by atoms with Crippen LogP contribution in [-0.4, -0.2) is 24.5 Å². The van der Waals surface area contributed by atoms with Crippen molar-refractivity contribution < 1.29 is 23.9 Å². The molecule has 212 valence electrons. The fourth-order valence-corrected chi connectivity index (χ4v) is 5.30. The number of barbiturate groups is 1. The first-order valence-corrected chi connectivity index (χ1v) is 14.4. The molecule has 7 nitrogen and oxygen atoms in total. The number of carbonyl (C=O) groups is 3. The lowest BCUT2D eigenvalue weighted by atomic mass is 10.0. The lowest BCUT2D eigenvalue weighted by molar-refractivity contribution is -0.122. The van der Waals surface area contributed by atoms with Crippen LogP contribution >= 0.6 is 27.5 Å². The van der Waals surface area contributed by atoms with Gasteiger partial charge in [-0.1, -0.05) is 76.1 Å². The number of halogens is 2. The minimum absolute atomic E-state index is 0.188. The number of hydrogen-bond acceptors (Lipinski definition) is 5. The fraction of sp³-hybridized carbons (Fsp3) is 0.121. The third-order valence-electron chi connectivity index (χ3n) is 6.56. The highest BCUT2D eigenvalue weighted by molar-refractivity contribution is 9.10. The number of rotatable bonds is 9. The average Bonchev–Trinajstić information content (AvgIpc) is 2.98. The maximum absolute atomic E-state index is 13.5. The van der Waals surface area contributed by atoms with Gasteiger partial charge in [-0.2, -0.15) is 0 Å². The molecule has 1 saturated heterocycles. The number of nitrogens with zero attached hydrogens (tertiary/aromatic N) is 1. The van der Waals surface area contributed by atoms with E-state index in [4.69, 9.17) is 21.1 Å². The summed E-state index contributed by atoms with van der Waals surface area (Å²) in [6.07, 6.45) is 1.96. The third kappa shape index (κ3) is 6.56. The Morgan fingerprint density at radius 3 is 2.33 bits per heavy atom. The van der Waals surface area contributed by atoms with Crippen LogP contribution in [0.1, 0.15) is 29.2 Å². The van der Waals surface area contributed by atoms with E-state index in [1.165, 1.54) is 6.08 Å². The van der Waals surface area contributed by atoms with E-state index >= 15 is 0 Å². The number of hydrogen-bond donors (Lipinski definition) is 1. The predicted octanol–water partition coefficient (Wildman–Crippen LogP) is 7.34. The summed E-state index contributed by atoms with van der Waals surface area (Å²) in [4.78, 5) is 39.9. The Hall–Kier alpha value is -4.40. The minimum atomic E-state index is -0.827. The molecule has 0 aromatic heterocycles. The SMILES string of the molecule is CCOc1cc(/C=C2\C(=O)NC(=O)N(c3ccc(OCc4ccccc4)cc3)C2=O)cc(Br)c1Cc1ccccc1Cl. The number of ether oxygens (including phenoxy) is 2. The highest BCUT2D eigenvalue weighted by Crippen LogP contribution is 2.34. The van der Waals surface area contributed by atoms with Crippen LogP contribution in [0.5, 0.6) is 11.5 Å². The highest BCUT2D eigenvalue weighted by Gasteiger charge is 2.37. The van der Waals surface area contributed by atoms with Crippen LogP contribution in [-0.2, 0) is 22.6 Å². The minimum Gasteiger partial charge on any atom is -0.494 e. The summed E-state index contributed by atoms with van der Waals surface area (Å²) in [7, 11) is 0. The van der Waals surface area contributed by atoms with Gasteiger partial charge in [0.2, 0.25) is 0 Å². The number of anilines is 1. The molecule has 1 heterocycles. The summed E-state index contributed by atoms with van der Waals surface area (Å²) in [6.45, 7) is 2.66. The molecular formula is C33H26BrClN2O5. The molecule has 0 atom stereocenters. The molecule has 0 bridgehead atoms. The number of amides is 4. The van der Waals surface area contributed by atoms with Crippen molar-refractivity contribution >= 4 is 57.1 Å². The van der Waals surface area contributed by atoms with Gasteiger partial charge in [0.15, 0.2) is 0 Å². The summed E-state index contributed by atoms with van der Waals surface area (Å²) in [5.74, 6) is -0.361.